The second-order valence-corrected chi connectivity index (χ2v) is 8.80. The van der Waals surface area contributed by atoms with Crippen LogP contribution in [0.1, 0.15) is 26.5 Å². The molecule has 4 aromatic rings. The Hall–Kier alpha value is -3.47. The lowest BCUT2D eigenvalue weighted by molar-refractivity contribution is -0.216. The van der Waals surface area contributed by atoms with Crippen molar-refractivity contribution < 1.29 is 19.3 Å². The molecule has 4 heterocycles. The lowest BCUT2D eigenvalue weighted by Gasteiger charge is -2.26. The summed E-state index contributed by atoms with van der Waals surface area (Å²) in [7, 11) is 1.83. The molecule has 1 aromatic carbocycles. The van der Waals surface area contributed by atoms with Crippen LogP contribution in [0.5, 0.6) is 5.75 Å². The summed E-state index contributed by atoms with van der Waals surface area (Å²) in [5, 5.41) is 15.1. The fourth-order valence-corrected chi connectivity index (χ4v) is 4.24. The van der Waals surface area contributed by atoms with Gasteiger partial charge < -0.3 is 34.9 Å². The number of aromatic nitrogens is 4. The molecule has 10 nitrogen and oxygen atoms in total. The van der Waals surface area contributed by atoms with E-state index in [0.29, 0.717) is 23.6 Å². The van der Waals surface area contributed by atoms with E-state index in [1.807, 2.05) is 54.2 Å². The average molecular weight is 465 g/mol. The normalized spacial score (nSPS) is 20.8. The number of fused-ring (bicyclic) bond motifs is 2. The molecule has 0 bridgehead atoms. The number of hydrogen-bond acceptors (Lipinski definition) is 9. The summed E-state index contributed by atoms with van der Waals surface area (Å²) in [5.74, 6) is 0.559. The topological polar surface area (TPSA) is 130 Å². The van der Waals surface area contributed by atoms with Gasteiger partial charge in [-0.1, -0.05) is 0 Å². The highest BCUT2D eigenvalue weighted by Gasteiger charge is 2.40. The summed E-state index contributed by atoms with van der Waals surface area (Å²) in [6, 6.07) is 11.6. The number of nitrogens with zero attached hydrogens (tertiary/aromatic N) is 4. The lowest BCUT2D eigenvalue weighted by atomic mass is 10.1. The van der Waals surface area contributed by atoms with Crippen LogP contribution in [0, 0.1) is 0 Å². The number of rotatable bonds is 7. The van der Waals surface area contributed by atoms with Crippen LogP contribution in [0.25, 0.3) is 21.9 Å². The van der Waals surface area contributed by atoms with Gasteiger partial charge in [-0.3, -0.25) is 0 Å². The molecule has 0 spiro atoms. The van der Waals surface area contributed by atoms with E-state index < -0.39 is 18.0 Å². The van der Waals surface area contributed by atoms with Crippen LogP contribution in [0.4, 0.5) is 11.6 Å². The van der Waals surface area contributed by atoms with E-state index in [9.17, 15) is 5.11 Å². The summed E-state index contributed by atoms with van der Waals surface area (Å²) in [6.45, 7) is 3.45. The lowest BCUT2D eigenvalue weighted by Crippen LogP contribution is -2.37. The molecule has 178 valence electrons. The Morgan fingerprint density at radius 1 is 1.24 bits per heavy atom. The Labute approximate surface area is 196 Å². The van der Waals surface area contributed by atoms with Gasteiger partial charge in [-0.05, 0) is 44.2 Å². The van der Waals surface area contributed by atoms with E-state index in [-0.39, 0.29) is 12.8 Å². The number of anilines is 2. The first kappa shape index (κ1) is 22.3. The number of nitrogens with one attached hydrogen (secondary N) is 1. The summed E-state index contributed by atoms with van der Waals surface area (Å²) in [4.78, 5) is 13.0. The number of nitrogens with two attached hydrogens (primary N) is 1. The molecule has 1 aliphatic heterocycles. The second-order valence-electron chi connectivity index (χ2n) is 8.80. The Morgan fingerprint density at radius 3 is 2.85 bits per heavy atom. The third kappa shape index (κ3) is 4.47. The zero-order valence-corrected chi connectivity index (χ0v) is 19.3. The molecule has 0 aliphatic carbocycles. The van der Waals surface area contributed by atoms with Gasteiger partial charge in [0, 0.05) is 31.1 Å². The van der Waals surface area contributed by atoms with Crippen LogP contribution in [0.3, 0.4) is 0 Å². The van der Waals surface area contributed by atoms with Crippen LogP contribution < -0.4 is 15.8 Å². The minimum absolute atomic E-state index is 0.241. The van der Waals surface area contributed by atoms with E-state index >= 15 is 0 Å². The van der Waals surface area contributed by atoms with Crippen LogP contribution in [-0.2, 0) is 9.47 Å². The van der Waals surface area contributed by atoms with Crippen molar-refractivity contribution in [3.8, 4) is 5.75 Å². The smallest absolute Gasteiger partial charge is 0.160 e. The zero-order chi connectivity index (χ0) is 23.9. The first-order valence-electron chi connectivity index (χ1n) is 11.1. The van der Waals surface area contributed by atoms with E-state index in [0.717, 1.165) is 22.1 Å². The molecule has 1 aliphatic rings. The van der Waals surface area contributed by atoms with Crippen LogP contribution in [-0.4, -0.2) is 56.3 Å². The minimum Gasteiger partial charge on any atom is -0.491 e. The third-order valence-corrected chi connectivity index (χ3v) is 5.80. The molecule has 10 heteroatoms. The first-order chi connectivity index (χ1) is 16.3. The maximum absolute atomic E-state index is 10.3. The molecule has 3 atom stereocenters. The molecule has 5 rings (SSSR count). The van der Waals surface area contributed by atoms with Crippen molar-refractivity contribution in [3.63, 3.8) is 0 Å². The Morgan fingerprint density at radius 2 is 2.06 bits per heavy atom. The standard InChI is InChI=1S/C24H28N6O4/c1-24(2,31)34-18-11-21(30-9-8-16-22(25)27-13-28-23(16)30)33-19(18)12-32-15-6-4-14-5-7-20(26-3)29-17(14)10-15/h4-10,13,18-19,21,31H,11-12H2,1-3H3,(H,26,29)(H2,25,27,28)/t18-,19?,21?/m0/s1. The van der Waals surface area contributed by atoms with Gasteiger partial charge in [0.05, 0.1) is 17.0 Å². The Bertz CT molecular complexity index is 1320. The van der Waals surface area contributed by atoms with Crippen molar-refractivity contribution in [2.24, 2.45) is 0 Å². The van der Waals surface area contributed by atoms with Crippen molar-refractivity contribution in [2.75, 3.05) is 24.7 Å². The van der Waals surface area contributed by atoms with Gasteiger partial charge in [0.25, 0.3) is 0 Å². The molecule has 3 aromatic heterocycles. The number of nitrogen functional groups attached to an aromatic ring is 1. The van der Waals surface area contributed by atoms with Crippen LogP contribution in [0.2, 0.25) is 0 Å². The monoisotopic (exact) mass is 464 g/mol. The van der Waals surface area contributed by atoms with Gasteiger partial charge in [0.15, 0.2) is 5.79 Å². The average Bonchev–Trinajstić information content (AvgIpc) is 3.40. The molecule has 4 N–H and O–H groups in total. The molecule has 1 fully saturated rings. The molecule has 34 heavy (non-hydrogen) atoms. The van der Waals surface area contributed by atoms with Crippen LogP contribution in [0.15, 0.2) is 48.9 Å². The Kier molecular flexibility index (Phi) is 5.72. The third-order valence-electron chi connectivity index (χ3n) is 5.80. The number of ether oxygens (including phenoxy) is 3. The van der Waals surface area contributed by atoms with Crippen LogP contribution >= 0.6 is 0 Å². The maximum Gasteiger partial charge on any atom is 0.160 e. The predicted octanol–water partition coefficient (Wildman–Crippen LogP) is 3.08. The van der Waals surface area contributed by atoms with Crippen molar-refractivity contribution >= 4 is 33.6 Å². The van der Waals surface area contributed by atoms with E-state index in [1.165, 1.54) is 6.33 Å². The largest absolute Gasteiger partial charge is 0.491 e. The van der Waals surface area contributed by atoms with E-state index in [1.54, 1.807) is 13.8 Å². The molecule has 0 amide bonds. The quantitative estimate of drug-likeness (QED) is 0.353. The SMILES string of the molecule is CNc1ccc2ccc(OCC3OC(n4ccc5c(N)ncnc54)C[C@@H]3OC(C)(C)O)cc2n1. The van der Waals surface area contributed by atoms with Gasteiger partial charge in [-0.2, -0.15) is 0 Å². The summed E-state index contributed by atoms with van der Waals surface area (Å²) >= 11 is 0. The van der Waals surface area contributed by atoms with Crippen molar-refractivity contribution in [2.45, 2.75) is 44.5 Å². The highest BCUT2D eigenvalue weighted by atomic mass is 16.7. The molecule has 0 radical (unpaired) electrons. The number of benzene rings is 1. The van der Waals surface area contributed by atoms with Gasteiger partial charge in [-0.15, -0.1) is 0 Å². The van der Waals surface area contributed by atoms with Crippen molar-refractivity contribution in [3.05, 3.63) is 48.9 Å². The fraction of sp³-hybridized carbons (Fsp3) is 0.375. The number of aliphatic hydroxyl groups is 1. The summed E-state index contributed by atoms with van der Waals surface area (Å²) < 4.78 is 20.3. The van der Waals surface area contributed by atoms with Gasteiger partial charge >= 0.3 is 0 Å². The van der Waals surface area contributed by atoms with Crippen molar-refractivity contribution in [1.29, 1.82) is 0 Å². The molecular weight excluding hydrogens is 436 g/mol. The van der Waals surface area contributed by atoms with Gasteiger partial charge in [-0.25, -0.2) is 15.0 Å². The highest BCUT2D eigenvalue weighted by molar-refractivity contribution is 5.86. The zero-order valence-electron chi connectivity index (χ0n) is 19.3. The molecule has 0 saturated carbocycles. The van der Waals surface area contributed by atoms with E-state index in [2.05, 4.69) is 20.3 Å². The Balaban J connectivity index is 1.36. The van der Waals surface area contributed by atoms with Gasteiger partial charge in [0.2, 0.25) is 0 Å². The highest BCUT2D eigenvalue weighted by Crippen LogP contribution is 2.35. The minimum atomic E-state index is -1.32. The molecular formula is C24H28N6O4. The molecule has 1 saturated heterocycles. The fourth-order valence-electron chi connectivity index (χ4n) is 4.24. The van der Waals surface area contributed by atoms with Crippen molar-refractivity contribution in [1.82, 2.24) is 19.5 Å². The second kappa shape index (κ2) is 8.71. The number of hydrogen-bond donors (Lipinski definition) is 3. The number of pyridine rings is 1. The summed E-state index contributed by atoms with van der Waals surface area (Å²) in [6.07, 6.45) is 2.65. The first-order valence-corrected chi connectivity index (χ1v) is 11.1. The van der Waals surface area contributed by atoms with Gasteiger partial charge in [0.1, 0.15) is 48.3 Å². The van der Waals surface area contributed by atoms with E-state index in [4.69, 9.17) is 19.9 Å². The predicted molar refractivity (Wildman–Crippen MR) is 128 cm³/mol. The molecule has 2 unspecified atom stereocenters. The summed E-state index contributed by atoms with van der Waals surface area (Å²) in [5.41, 5.74) is 7.49. The maximum atomic E-state index is 10.3.